The molecule has 2 aliphatic rings. The van der Waals surface area contributed by atoms with Gasteiger partial charge in [0.15, 0.2) is 0 Å². The molecular weight excluding hydrogens is 138 g/mol. The molecule has 1 radical (unpaired) electrons. The van der Waals surface area contributed by atoms with Gasteiger partial charge in [-0.15, -0.1) is 10.3 Å². The SMILES string of the molecule is CC12CCCC(C)(CC1)N2[O]. The minimum Gasteiger partial charge on any atom is -0.143 e. The van der Waals surface area contributed by atoms with Gasteiger partial charge in [0.05, 0.1) is 0 Å². The van der Waals surface area contributed by atoms with E-state index in [4.69, 9.17) is 0 Å². The van der Waals surface area contributed by atoms with Gasteiger partial charge in [0.25, 0.3) is 0 Å². The zero-order valence-electron chi connectivity index (χ0n) is 7.39. The molecule has 11 heavy (non-hydrogen) atoms. The summed E-state index contributed by atoms with van der Waals surface area (Å²) >= 11 is 0. The van der Waals surface area contributed by atoms with Crippen molar-refractivity contribution in [2.24, 2.45) is 0 Å². The van der Waals surface area contributed by atoms with Crippen LogP contribution in [0.5, 0.6) is 0 Å². The molecule has 2 heteroatoms. The van der Waals surface area contributed by atoms with Crippen LogP contribution < -0.4 is 0 Å². The van der Waals surface area contributed by atoms with Gasteiger partial charge in [-0.1, -0.05) is 0 Å². The van der Waals surface area contributed by atoms with Gasteiger partial charge < -0.3 is 0 Å². The predicted octanol–water partition coefficient (Wildman–Crippen LogP) is 2.13. The molecule has 2 fully saturated rings. The fourth-order valence-electron chi connectivity index (χ4n) is 2.70. The third-order valence-electron chi connectivity index (χ3n) is 3.61. The van der Waals surface area contributed by atoms with Crippen LogP contribution in [0, 0.1) is 0 Å². The summed E-state index contributed by atoms with van der Waals surface area (Å²) in [4.78, 5) is 0. The molecule has 2 atom stereocenters. The highest BCUT2D eigenvalue weighted by Crippen LogP contribution is 2.48. The summed E-state index contributed by atoms with van der Waals surface area (Å²) in [7, 11) is 0. The number of fused-ring (bicyclic) bond motifs is 2. The first-order chi connectivity index (χ1) is 5.07. The summed E-state index contributed by atoms with van der Waals surface area (Å²) in [6.07, 6.45) is 5.66. The van der Waals surface area contributed by atoms with Gasteiger partial charge in [-0.2, -0.15) is 0 Å². The average molecular weight is 154 g/mol. The topological polar surface area (TPSA) is 23.1 Å². The minimum atomic E-state index is -0.00694. The molecule has 2 rings (SSSR count). The predicted molar refractivity (Wildman–Crippen MR) is 42.4 cm³/mol. The molecular formula is C9H16NO. The molecule has 0 saturated carbocycles. The molecule has 2 aliphatic heterocycles. The summed E-state index contributed by atoms with van der Waals surface area (Å²) in [5, 5.41) is 13.1. The van der Waals surface area contributed by atoms with E-state index in [0.717, 1.165) is 25.7 Å². The number of hydrogen-bond acceptors (Lipinski definition) is 1. The first-order valence-corrected chi connectivity index (χ1v) is 4.54. The summed E-state index contributed by atoms with van der Waals surface area (Å²) < 4.78 is 0. The van der Waals surface area contributed by atoms with E-state index in [1.165, 1.54) is 11.5 Å². The standard InChI is InChI=1S/C9H16NO/c1-8-4-3-5-9(2,7-6-8)10(8)11/h3-7H2,1-2H3. The van der Waals surface area contributed by atoms with Crippen molar-refractivity contribution in [2.45, 2.75) is 57.0 Å². The van der Waals surface area contributed by atoms with Gasteiger partial charge in [-0.05, 0) is 46.0 Å². The van der Waals surface area contributed by atoms with Crippen LogP contribution in [0.4, 0.5) is 0 Å². The highest BCUT2D eigenvalue weighted by atomic mass is 16.5. The molecule has 0 aromatic rings. The van der Waals surface area contributed by atoms with Crippen molar-refractivity contribution in [3.8, 4) is 0 Å². The Bertz CT molecular complexity index is 164. The molecule has 0 spiro atoms. The Hall–Kier alpha value is -0.0800. The van der Waals surface area contributed by atoms with E-state index in [0.29, 0.717) is 0 Å². The smallest absolute Gasteiger partial charge is 0.0472 e. The Morgan fingerprint density at radius 3 is 1.82 bits per heavy atom. The zero-order valence-corrected chi connectivity index (χ0v) is 7.39. The number of hydrogen-bond donors (Lipinski definition) is 0. The third kappa shape index (κ3) is 0.859. The fraction of sp³-hybridized carbons (Fsp3) is 1.00. The van der Waals surface area contributed by atoms with Crippen molar-refractivity contribution in [1.29, 1.82) is 0 Å². The highest BCUT2D eigenvalue weighted by molar-refractivity contribution is 5.04. The van der Waals surface area contributed by atoms with E-state index in [1.807, 2.05) is 0 Å². The van der Waals surface area contributed by atoms with Gasteiger partial charge in [0, 0.05) is 11.1 Å². The lowest BCUT2D eigenvalue weighted by Gasteiger charge is -2.41. The van der Waals surface area contributed by atoms with E-state index in [2.05, 4.69) is 13.8 Å². The minimum absolute atomic E-state index is 0.00694. The van der Waals surface area contributed by atoms with Crippen molar-refractivity contribution in [1.82, 2.24) is 5.06 Å². The Balaban J connectivity index is 2.30. The molecule has 0 aromatic carbocycles. The van der Waals surface area contributed by atoms with Crippen molar-refractivity contribution >= 4 is 0 Å². The first kappa shape index (κ1) is 7.56. The Labute approximate surface area is 68.2 Å². The lowest BCUT2D eigenvalue weighted by atomic mass is 9.88. The molecule has 0 amide bonds. The van der Waals surface area contributed by atoms with Gasteiger partial charge >= 0.3 is 0 Å². The second kappa shape index (κ2) is 1.99. The van der Waals surface area contributed by atoms with Crippen LogP contribution in [0.2, 0.25) is 0 Å². The van der Waals surface area contributed by atoms with Gasteiger partial charge in [0.1, 0.15) is 0 Å². The number of piperidine rings is 1. The van der Waals surface area contributed by atoms with Crippen molar-refractivity contribution < 1.29 is 5.21 Å². The summed E-state index contributed by atoms with van der Waals surface area (Å²) in [5.41, 5.74) is -0.0139. The average Bonchev–Trinajstić information content (AvgIpc) is 2.17. The van der Waals surface area contributed by atoms with Crippen LogP contribution in [0.1, 0.15) is 46.0 Å². The summed E-state index contributed by atoms with van der Waals surface area (Å²) in [6.45, 7) is 4.23. The zero-order chi connectivity index (χ0) is 8.11. The largest absolute Gasteiger partial charge is 0.143 e. The molecule has 63 valence electrons. The molecule has 0 aliphatic carbocycles. The maximum absolute atomic E-state index is 11.7. The normalized spacial score (nSPS) is 51.5. The Morgan fingerprint density at radius 1 is 1.00 bits per heavy atom. The van der Waals surface area contributed by atoms with Gasteiger partial charge in [0.2, 0.25) is 0 Å². The summed E-state index contributed by atoms with van der Waals surface area (Å²) in [6, 6.07) is 0. The molecule has 2 nitrogen and oxygen atoms in total. The number of rotatable bonds is 0. The first-order valence-electron chi connectivity index (χ1n) is 4.54. The highest BCUT2D eigenvalue weighted by Gasteiger charge is 2.53. The third-order valence-corrected chi connectivity index (χ3v) is 3.61. The Kier molecular flexibility index (Phi) is 1.37. The molecule has 0 N–H and O–H groups in total. The van der Waals surface area contributed by atoms with Crippen molar-refractivity contribution in [3.05, 3.63) is 0 Å². The fourth-order valence-corrected chi connectivity index (χ4v) is 2.70. The van der Waals surface area contributed by atoms with Gasteiger partial charge in [-0.3, -0.25) is 0 Å². The van der Waals surface area contributed by atoms with Crippen LogP contribution >= 0.6 is 0 Å². The van der Waals surface area contributed by atoms with E-state index in [9.17, 15) is 5.21 Å². The Morgan fingerprint density at radius 2 is 1.45 bits per heavy atom. The molecule has 0 aromatic heterocycles. The molecule has 2 saturated heterocycles. The lowest BCUT2D eigenvalue weighted by Crippen LogP contribution is -2.51. The quantitative estimate of drug-likeness (QED) is 0.524. The number of hydroxylamine groups is 2. The van der Waals surface area contributed by atoms with Crippen LogP contribution in [0.25, 0.3) is 0 Å². The molecule has 2 unspecified atom stereocenters. The van der Waals surface area contributed by atoms with Crippen molar-refractivity contribution in [3.63, 3.8) is 0 Å². The van der Waals surface area contributed by atoms with E-state index >= 15 is 0 Å². The monoisotopic (exact) mass is 154 g/mol. The van der Waals surface area contributed by atoms with Crippen LogP contribution in [-0.2, 0) is 5.21 Å². The van der Waals surface area contributed by atoms with E-state index in [-0.39, 0.29) is 11.1 Å². The summed E-state index contributed by atoms with van der Waals surface area (Å²) in [5.74, 6) is 0. The van der Waals surface area contributed by atoms with Crippen LogP contribution in [0.15, 0.2) is 0 Å². The van der Waals surface area contributed by atoms with E-state index < -0.39 is 0 Å². The maximum Gasteiger partial charge on any atom is 0.0472 e. The van der Waals surface area contributed by atoms with Crippen molar-refractivity contribution in [2.75, 3.05) is 0 Å². The van der Waals surface area contributed by atoms with Crippen LogP contribution in [0.3, 0.4) is 0 Å². The van der Waals surface area contributed by atoms with Crippen LogP contribution in [-0.4, -0.2) is 16.1 Å². The number of nitrogens with zero attached hydrogens (tertiary/aromatic N) is 1. The lowest BCUT2D eigenvalue weighted by molar-refractivity contribution is -0.268. The molecule has 2 bridgehead atoms. The second-order valence-electron chi connectivity index (χ2n) is 4.64. The van der Waals surface area contributed by atoms with E-state index in [1.54, 1.807) is 0 Å². The molecule has 2 heterocycles. The second-order valence-corrected chi connectivity index (χ2v) is 4.64. The maximum atomic E-state index is 11.7. The van der Waals surface area contributed by atoms with Gasteiger partial charge in [-0.25, -0.2) is 0 Å².